The van der Waals surface area contributed by atoms with E-state index < -0.39 is 5.60 Å². The van der Waals surface area contributed by atoms with Crippen LogP contribution >= 0.6 is 11.6 Å². The quantitative estimate of drug-likeness (QED) is 0.607. The van der Waals surface area contributed by atoms with Crippen LogP contribution < -0.4 is 4.90 Å². The summed E-state index contributed by atoms with van der Waals surface area (Å²) in [5, 5.41) is 4.52. The van der Waals surface area contributed by atoms with Gasteiger partial charge in [0.15, 0.2) is 5.65 Å². The summed E-state index contributed by atoms with van der Waals surface area (Å²) in [5.41, 5.74) is 1.76. The minimum Gasteiger partial charge on any atom is -0.444 e. The molecule has 1 aliphatic heterocycles. The fraction of sp³-hybridized carbons (Fsp3) is 0.381. The van der Waals surface area contributed by atoms with Gasteiger partial charge in [-0.1, -0.05) is 11.6 Å². The standard InChI is InChI=1S/C21H23ClFN5O2/c1-21(2,3)30-20(29)27-10-8-26(9-11-27)14-4-5-15(16(23)12-14)17-13-24-19-7-6-18(22)25-28(17)19/h4-7,12-13H,8-11H2,1-3H3. The molecule has 0 radical (unpaired) electrons. The molecule has 158 valence electrons. The lowest BCUT2D eigenvalue weighted by atomic mass is 10.1. The molecule has 0 aliphatic carbocycles. The lowest BCUT2D eigenvalue weighted by Gasteiger charge is -2.36. The number of imidazole rings is 1. The Morgan fingerprint density at radius 3 is 2.53 bits per heavy atom. The summed E-state index contributed by atoms with van der Waals surface area (Å²) in [5.74, 6) is -0.370. The van der Waals surface area contributed by atoms with Gasteiger partial charge in [0.1, 0.15) is 16.6 Å². The molecular formula is C21H23ClFN5O2. The number of nitrogens with zero attached hydrogens (tertiary/aromatic N) is 5. The highest BCUT2D eigenvalue weighted by atomic mass is 35.5. The Kier molecular flexibility index (Phi) is 5.27. The third kappa shape index (κ3) is 4.18. The molecule has 3 aromatic rings. The zero-order valence-electron chi connectivity index (χ0n) is 17.1. The first-order valence-electron chi connectivity index (χ1n) is 9.74. The molecule has 1 amide bonds. The third-order valence-corrected chi connectivity index (χ3v) is 5.06. The molecular weight excluding hydrogens is 409 g/mol. The van der Waals surface area contributed by atoms with Gasteiger partial charge in [0.05, 0.1) is 11.9 Å². The second kappa shape index (κ2) is 7.75. The monoisotopic (exact) mass is 431 g/mol. The van der Waals surface area contributed by atoms with Gasteiger partial charge < -0.3 is 14.5 Å². The molecule has 0 bridgehead atoms. The van der Waals surface area contributed by atoms with E-state index in [2.05, 4.69) is 15.0 Å². The van der Waals surface area contributed by atoms with E-state index in [4.69, 9.17) is 16.3 Å². The van der Waals surface area contributed by atoms with Gasteiger partial charge in [-0.05, 0) is 51.1 Å². The van der Waals surface area contributed by atoms with Gasteiger partial charge in [-0.15, -0.1) is 0 Å². The number of anilines is 1. The number of hydrogen-bond donors (Lipinski definition) is 0. The molecule has 4 rings (SSSR count). The fourth-order valence-corrected chi connectivity index (χ4v) is 3.56. The first-order chi connectivity index (χ1) is 14.2. The fourth-order valence-electron chi connectivity index (χ4n) is 3.42. The number of halogens is 2. The SMILES string of the molecule is CC(C)(C)OC(=O)N1CCN(c2ccc(-c3cnc4ccc(Cl)nn34)c(F)c2)CC1. The van der Waals surface area contributed by atoms with Gasteiger partial charge in [-0.3, -0.25) is 0 Å². The predicted molar refractivity (Wildman–Crippen MR) is 113 cm³/mol. The van der Waals surface area contributed by atoms with Crippen LogP contribution in [-0.2, 0) is 4.74 Å². The summed E-state index contributed by atoms with van der Waals surface area (Å²) in [7, 11) is 0. The van der Waals surface area contributed by atoms with Crippen LogP contribution in [0.15, 0.2) is 36.5 Å². The van der Waals surface area contributed by atoms with E-state index in [0.717, 1.165) is 5.69 Å². The number of amides is 1. The Labute approximate surface area is 179 Å². The van der Waals surface area contributed by atoms with Gasteiger partial charge in [-0.2, -0.15) is 5.10 Å². The van der Waals surface area contributed by atoms with Crippen LogP contribution in [0.5, 0.6) is 0 Å². The molecule has 0 atom stereocenters. The largest absolute Gasteiger partial charge is 0.444 e. The Balaban J connectivity index is 1.49. The van der Waals surface area contributed by atoms with Crippen LogP contribution in [0.3, 0.4) is 0 Å². The van der Waals surface area contributed by atoms with Gasteiger partial charge in [0.2, 0.25) is 0 Å². The lowest BCUT2D eigenvalue weighted by Crippen LogP contribution is -2.50. The Morgan fingerprint density at radius 1 is 1.13 bits per heavy atom. The second-order valence-corrected chi connectivity index (χ2v) is 8.58. The molecule has 0 N–H and O–H groups in total. The third-order valence-electron chi connectivity index (χ3n) is 4.85. The summed E-state index contributed by atoms with van der Waals surface area (Å²) >= 11 is 5.97. The molecule has 3 heterocycles. The van der Waals surface area contributed by atoms with Crippen LogP contribution in [0.2, 0.25) is 5.15 Å². The Bertz CT molecular complexity index is 1090. The lowest BCUT2D eigenvalue weighted by molar-refractivity contribution is 0.0240. The number of carbonyl (C=O) groups excluding carboxylic acids is 1. The number of hydrogen-bond acceptors (Lipinski definition) is 5. The molecule has 9 heteroatoms. The van der Waals surface area contributed by atoms with Crippen LogP contribution in [0.1, 0.15) is 20.8 Å². The predicted octanol–water partition coefficient (Wildman–Crippen LogP) is 4.25. The number of aromatic nitrogens is 3. The van der Waals surface area contributed by atoms with Crippen molar-refractivity contribution in [3.8, 4) is 11.3 Å². The minimum absolute atomic E-state index is 0.307. The topological polar surface area (TPSA) is 63.0 Å². The molecule has 0 spiro atoms. The Morgan fingerprint density at radius 2 is 1.87 bits per heavy atom. The molecule has 30 heavy (non-hydrogen) atoms. The molecule has 1 aliphatic rings. The number of benzene rings is 1. The minimum atomic E-state index is -0.524. The van der Waals surface area contributed by atoms with Gasteiger partial charge in [0.25, 0.3) is 0 Å². The summed E-state index contributed by atoms with van der Waals surface area (Å²) in [6.45, 7) is 7.79. The van der Waals surface area contributed by atoms with Crippen molar-refractivity contribution in [2.24, 2.45) is 0 Å². The maximum absolute atomic E-state index is 15.0. The first kappa shape index (κ1) is 20.4. The highest BCUT2D eigenvalue weighted by molar-refractivity contribution is 6.29. The van der Waals surface area contributed by atoms with E-state index in [1.54, 1.807) is 29.3 Å². The van der Waals surface area contributed by atoms with Crippen molar-refractivity contribution >= 4 is 29.0 Å². The molecule has 7 nitrogen and oxygen atoms in total. The van der Waals surface area contributed by atoms with Crippen LogP contribution in [-0.4, -0.2) is 57.4 Å². The van der Waals surface area contributed by atoms with Crippen molar-refractivity contribution < 1.29 is 13.9 Å². The van der Waals surface area contributed by atoms with Crippen molar-refractivity contribution in [3.63, 3.8) is 0 Å². The maximum atomic E-state index is 15.0. The van der Waals surface area contributed by atoms with Gasteiger partial charge in [-0.25, -0.2) is 18.7 Å². The van der Waals surface area contributed by atoms with E-state index in [-0.39, 0.29) is 11.9 Å². The average Bonchev–Trinajstić information content (AvgIpc) is 3.09. The van der Waals surface area contributed by atoms with Crippen molar-refractivity contribution in [1.82, 2.24) is 19.5 Å². The summed E-state index contributed by atoms with van der Waals surface area (Å²) in [4.78, 5) is 20.2. The number of rotatable bonds is 2. The van der Waals surface area contributed by atoms with E-state index in [1.165, 1.54) is 10.6 Å². The Hall–Kier alpha value is -2.87. The average molecular weight is 432 g/mol. The highest BCUT2D eigenvalue weighted by Crippen LogP contribution is 2.28. The molecule has 1 saturated heterocycles. The molecule has 0 saturated carbocycles. The normalized spacial score (nSPS) is 15.0. The van der Waals surface area contributed by atoms with Crippen LogP contribution in [0.25, 0.3) is 16.9 Å². The maximum Gasteiger partial charge on any atom is 0.410 e. The number of piperazine rings is 1. The van der Waals surface area contributed by atoms with Crippen molar-refractivity contribution in [1.29, 1.82) is 0 Å². The van der Waals surface area contributed by atoms with Crippen molar-refractivity contribution in [2.75, 3.05) is 31.1 Å². The molecule has 1 fully saturated rings. The van der Waals surface area contributed by atoms with E-state index in [1.807, 2.05) is 26.8 Å². The summed E-state index contributed by atoms with van der Waals surface area (Å²) in [6, 6.07) is 8.46. The van der Waals surface area contributed by atoms with Gasteiger partial charge >= 0.3 is 6.09 Å². The zero-order chi connectivity index (χ0) is 21.5. The zero-order valence-corrected chi connectivity index (χ0v) is 17.9. The molecule has 2 aromatic heterocycles. The summed E-state index contributed by atoms with van der Waals surface area (Å²) in [6.07, 6.45) is 1.26. The number of carbonyl (C=O) groups is 1. The van der Waals surface area contributed by atoms with Crippen molar-refractivity contribution in [2.45, 2.75) is 26.4 Å². The van der Waals surface area contributed by atoms with E-state index in [0.29, 0.717) is 48.2 Å². The summed E-state index contributed by atoms with van der Waals surface area (Å²) < 4.78 is 21.9. The molecule has 1 aromatic carbocycles. The van der Waals surface area contributed by atoms with Crippen molar-refractivity contribution in [3.05, 3.63) is 47.5 Å². The smallest absolute Gasteiger partial charge is 0.410 e. The highest BCUT2D eigenvalue weighted by Gasteiger charge is 2.26. The first-order valence-corrected chi connectivity index (χ1v) is 10.1. The van der Waals surface area contributed by atoms with Gasteiger partial charge in [0, 0.05) is 37.4 Å². The van der Waals surface area contributed by atoms with Crippen LogP contribution in [0.4, 0.5) is 14.9 Å². The second-order valence-electron chi connectivity index (χ2n) is 8.19. The molecule has 0 unspecified atom stereocenters. The van der Waals surface area contributed by atoms with E-state index >= 15 is 0 Å². The number of ether oxygens (including phenoxy) is 1. The van der Waals surface area contributed by atoms with Crippen LogP contribution in [0, 0.1) is 5.82 Å². The van der Waals surface area contributed by atoms with E-state index in [9.17, 15) is 9.18 Å². The number of fused-ring (bicyclic) bond motifs is 1.